The lowest BCUT2D eigenvalue weighted by atomic mass is 9.93. The van der Waals surface area contributed by atoms with Gasteiger partial charge in [-0.25, -0.2) is 13.5 Å². The molecule has 3 rings (SSSR count). The maximum Gasteiger partial charge on any atom is 0.284 e. The van der Waals surface area contributed by atoms with Gasteiger partial charge in [-0.05, 0) is 25.3 Å². The Morgan fingerprint density at radius 1 is 1.41 bits per heavy atom. The van der Waals surface area contributed by atoms with Crippen LogP contribution in [-0.4, -0.2) is 28.0 Å². The molecular formula is C12H15F2N5O2S. The second kappa shape index (κ2) is 5.34. The fourth-order valence-corrected chi connectivity index (χ4v) is 3.60. The summed E-state index contributed by atoms with van der Waals surface area (Å²) in [6, 6.07) is 1.41. The molecule has 1 aliphatic carbocycles. The molecule has 0 spiro atoms. The summed E-state index contributed by atoms with van der Waals surface area (Å²) in [6.07, 6.45) is 2.48. The monoisotopic (exact) mass is 331 g/mol. The molecule has 0 atom stereocenters. The average Bonchev–Trinajstić information content (AvgIpc) is 2.94. The Morgan fingerprint density at radius 3 is 2.73 bits per heavy atom. The first kappa shape index (κ1) is 14.9. The van der Waals surface area contributed by atoms with Gasteiger partial charge in [0.1, 0.15) is 0 Å². The van der Waals surface area contributed by atoms with Crippen LogP contribution in [0.2, 0.25) is 0 Å². The molecule has 0 unspecified atom stereocenters. The number of hydrogen-bond acceptors (Lipinski definition) is 4. The zero-order valence-electron chi connectivity index (χ0n) is 11.8. The molecule has 0 radical (unpaired) electrons. The summed E-state index contributed by atoms with van der Waals surface area (Å²) in [4.78, 5) is 0. The molecule has 0 amide bonds. The van der Waals surface area contributed by atoms with Crippen LogP contribution in [0, 0.1) is 0 Å². The van der Waals surface area contributed by atoms with Crippen molar-refractivity contribution in [2.45, 2.75) is 36.8 Å². The van der Waals surface area contributed by atoms with Gasteiger partial charge in [0.05, 0.1) is 17.9 Å². The summed E-state index contributed by atoms with van der Waals surface area (Å²) in [5, 5.41) is 7.59. The lowest BCUT2D eigenvalue weighted by Gasteiger charge is -2.27. The highest BCUT2D eigenvalue weighted by atomic mass is 32.2. The first-order chi connectivity index (χ1) is 10.4. The quantitative estimate of drug-likeness (QED) is 0.909. The summed E-state index contributed by atoms with van der Waals surface area (Å²) in [5.74, 6) is 0. The van der Waals surface area contributed by atoms with Gasteiger partial charge >= 0.3 is 0 Å². The fraction of sp³-hybridized carbons (Fsp3) is 0.500. The standard InChI is InChI=1S/C12H15F2N5O2S/c1-18-7-9(11(16-18)12(13)14)17-22(20,21)10-5-6-15-19(10)8-3-2-4-8/h5-8,12,17H,2-4H2,1H3. The molecule has 1 fully saturated rings. The normalized spacial score (nSPS) is 16.0. The van der Waals surface area contributed by atoms with Crippen molar-refractivity contribution in [3.05, 3.63) is 24.2 Å². The third-order valence-corrected chi connectivity index (χ3v) is 5.00. The Balaban J connectivity index is 1.93. The van der Waals surface area contributed by atoms with Crippen LogP contribution < -0.4 is 4.72 Å². The number of halogens is 2. The number of nitrogens with one attached hydrogen (secondary N) is 1. The van der Waals surface area contributed by atoms with Gasteiger partial charge in [-0.15, -0.1) is 0 Å². The predicted molar refractivity (Wildman–Crippen MR) is 74.1 cm³/mol. The smallest absolute Gasteiger partial charge is 0.275 e. The lowest BCUT2D eigenvalue weighted by molar-refractivity contribution is 0.146. The minimum absolute atomic E-state index is 0.0266. The molecule has 0 aromatic carbocycles. The topological polar surface area (TPSA) is 81.8 Å². The van der Waals surface area contributed by atoms with Gasteiger partial charge in [0.15, 0.2) is 10.7 Å². The molecule has 0 bridgehead atoms. The van der Waals surface area contributed by atoms with Crippen LogP contribution in [0.5, 0.6) is 0 Å². The Labute approximate surface area is 126 Å². The van der Waals surface area contributed by atoms with E-state index in [1.165, 1.54) is 30.2 Å². The van der Waals surface area contributed by atoms with Crippen LogP contribution in [0.3, 0.4) is 0 Å². The summed E-state index contributed by atoms with van der Waals surface area (Å²) in [6.45, 7) is 0. The van der Waals surface area contributed by atoms with Gasteiger partial charge in [0.25, 0.3) is 16.4 Å². The van der Waals surface area contributed by atoms with Crippen molar-refractivity contribution in [1.29, 1.82) is 0 Å². The predicted octanol–water partition coefficient (Wildman–Crippen LogP) is 2.08. The SMILES string of the molecule is Cn1cc(NS(=O)(=O)c2ccnn2C2CCC2)c(C(F)F)n1. The van der Waals surface area contributed by atoms with Crippen LogP contribution in [0.4, 0.5) is 14.5 Å². The highest BCUT2D eigenvalue weighted by Crippen LogP contribution is 2.34. The van der Waals surface area contributed by atoms with E-state index in [2.05, 4.69) is 14.9 Å². The van der Waals surface area contributed by atoms with E-state index in [1.807, 2.05) is 0 Å². The second-order valence-electron chi connectivity index (χ2n) is 5.21. The number of aromatic nitrogens is 4. The van der Waals surface area contributed by atoms with Crippen molar-refractivity contribution in [1.82, 2.24) is 19.6 Å². The summed E-state index contributed by atoms with van der Waals surface area (Å²) >= 11 is 0. The van der Waals surface area contributed by atoms with Gasteiger partial charge in [-0.1, -0.05) is 0 Å². The van der Waals surface area contributed by atoms with E-state index in [9.17, 15) is 17.2 Å². The minimum atomic E-state index is -4.00. The zero-order valence-corrected chi connectivity index (χ0v) is 12.6. The maximum absolute atomic E-state index is 12.9. The minimum Gasteiger partial charge on any atom is -0.275 e. The van der Waals surface area contributed by atoms with E-state index in [4.69, 9.17) is 0 Å². The van der Waals surface area contributed by atoms with Crippen LogP contribution in [0.15, 0.2) is 23.5 Å². The number of sulfonamides is 1. The third kappa shape index (κ3) is 2.58. The van der Waals surface area contributed by atoms with Crippen molar-refractivity contribution in [2.75, 3.05) is 4.72 Å². The maximum atomic E-state index is 12.9. The molecule has 7 nitrogen and oxygen atoms in total. The molecule has 10 heteroatoms. The first-order valence-corrected chi connectivity index (χ1v) is 8.25. The molecule has 120 valence electrons. The highest BCUT2D eigenvalue weighted by molar-refractivity contribution is 7.92. The van der Waals surface area contributed by atoms with Gasteiger partial charge in [-0.3, -0.25) is 9.40 Å². The summed E-state index contributed by atoms with van der Waals surface area (Å²) in [7, 11) is -2.55. The summed E-state index contributed by atoms with van der Waals surface area (Å²) in [5.41, 5.74) is -0.820. The number of rotatable bonds is 5. The second-order valence-corrected chi connectivity index (χ2v) is 6.84. The van der Waals surface area contributed by atoms with Gasteiger partial charge in [0.2, 0.25) is 0 Å². The Morgan fingerprint density at radius 2 is 2.14 bits per heavy atom. The van der Waals surface area contributed by atoms with E-state index in [1.54, 1.807) is 0 Å². The molecule has 2 aromatic rings. The largest absolute Gasteiger partial charge is 0.284 e. The average molecular weight is 331 g/mol. The highest BCUT2D eigenvalue weighted by Gasteiger charge is 2.29. The zero-order chi connectivity index (χ0) is 15.9. The van der Waals surface area contributed by atoms with Crippen LogP contribution in [-0.2, 0) is 17.1 Å². The number of hydrogen-bond donors (Lipinski definition) is 1. The van der Waals surface area contributed by atoms with Crippen molar-refractivity contribution in [3.63, 3.8) is 0 Å². The van der Waals surface area contributed by atoms with E-state index in [0.29, 0.717) is 0 Å². The van der Waals surface area contributed by atoms with E-state index >= 15 is 0 Å². The van der Waals surface area contributed by atoms with E-state index in [-0.39, 0.29) is 16.8 Å². The van der Waals surface area contributed by atoms with Crippen molar-refractivity contribution < 1.29 is 17.2 Å². The van der Waals surface area contributed by atoms with Crippen LogP contribution in [0.25, 0.3) is 0 Å². The Bertz CT molecular complexity index is 779. The molecule has 22 heavy (non-hydrogen) atoms. The van der Waals surface area contributed by atoms with Crippen molar-refractivity contribution in [2.24, 2.45) is 7.05 Å². The van der Waals surface area contributed by atoms with Crippen LogP contribution >= 0.6 is 0 Å². The molecule has 1 aliphatic rings. The third-order valence-electron chi connectivity index (χ3n) is 3.64. The van der Waals surface area contributed by atoms with Crippen molar-refractivity contribution >= 4 is 15.7 Å². The number of aryl methyl sites for hydroxylation is 1. The first-order valence-electron chi connectivity index (χ1n) is 6.76. The molecule has 0 aliphatic heterocycles. The molecule has 1 saturated carbocycles. The van der Waals surface area contributed by atoms with Crippen LogP contribution in [0.1, 0.15) is 37.4 Å². The lowest BCUT2D eigenvalue weighted by Crippen LogP contribution is -2.24. The molecule has 0 saturated heterocycles. The Kier molecular flexibility index (Phi) is 3.63. The van der Waals surface area contributed by atoms with Gasteiger partial charge in [0, 0.05) is 13.2 Å². The molecule has 2 aromatic heterocycles. The number of nitrogens with zero attached hydrogens (tertiary/aromatic N) is 4. The molecular weight excluding hydrogens is 316 g/mol. The number of alkyl halides is 2. The van der Waals surface area contributed by atoms with Crippen molar-refractivity contribution in [3.8, 4) is 0 Å². The molecule has 1 N–H and O–H groups in total. The van der Waals surface area contributed by atoms with Gasteiger partial charge in [-0.2, -0.15) is 18.6 Å². The Hall–Kier alpha value is -1.97. The fourth-order valence-electron chi connectivity index (χ4n) is 2.36. The summed E-state index contributed by atoms with van der Waals surface area (Å²) < 4.78 is 55.5. The van der Waals surface area contributed by atoms with E-state index in [0.717, 1.165) is 23.9 Å². The molecule has 2 heterocycles. The number of anilines is 1. The van der Waals surface area contributed by atoms with E-state index < -0.39 is 22.1 Å². The van der Waals surface area contributed by atoms with Gasteiger partial charge < -0.3 is 0 Å².